The minimum absolute atomic E-state index is 0.0381. The molecule has 5 heteroatoms. The lowest BCUT2D eigenvalue weighted by molar-refractivity contribution is -0.128. The fourth-order valence-electron chi connectivity index (χ4n) is 3.62. The second-order valence-corrected chi connectivity index (χ2v) is 7.36. The molecule has 2 aromatic carbocycles. The smallest absolute Gasteiger partial charge is 0.236 e. The molecule has 144 valence electrons. The van der Waals surface area contributed by atoms with Crippen molar-refractivity contribution in [3.63, 3.8) is 0 Å². The minimum atomic E-state index is -0.0567. The number of carbonyl (C=O) groups excluding carboxylic acids is 1. The lowest BCUT2D eigenvalue weighted by Gasteiger charge is -2.36. The highest BCUT2D eigenvalue weighted by Crippen LogP contribution is 2.26. The van der Waals surface area contributed by atoms with Crippen molar-refractivity contribution in [1.29, 1.82) is 0 Å². The van der Waals surface area contributed by atoms with Crippen molar-refractivity contribution in [1.82, 2.24) is 4.90 Å². The normalized spacial score (nSPS) is 19.8. The van der Waals surface area contributed by atoms with Crippen LogP contribution in [0.25, 0.3) is 11.1 Å². The maximum absolute atomic E-state index is 11.7. The topological polar surface area (TPSA) is 58.8 Å². The predicted molar refractivity (Wildman–Crippen MR) is 110 cm³/mol. The summed E-state index contributed by atoms with van der Waals surface area (Å²) in [6.45, 7) is 6.67. The van der Waals surface area contributed by atoms with Crippen LogP contribution in [-0.4, -0.2) is 49.7 Å². The molecule has 0 bridgehead atoms. The molecule has 0 radical (unpaired) electrons. The van der Waals surface area contributed by atoms with Crippen molar-refractivity contribution in [2.24, 2.45) is 5.73 Å². The van der Waals surface area contributed by atoms with E-state index < -0.39 is 0 Å². The van der Waals surface area contributed by atoms with Crippen molar-refractivity contribution < 1.29 is 9.53 Å². The van der Waals surface area contributed by atoms with Crippen LogP contribution in [0, 0.1) is 0 Å². The number of likely N-dealkylation sites (N-methyl/N-ethyl adjacent to an activating group) is 1. The summed E-state index contributed by atoms with van der Waals surface area (Å²) in [6.07, 6.45) is 0.497. The Morgan fingerprint density at radius 2 is 1.78 bits per heavy atom. The van der Waals surface area contributed by atoms with E-state index in [1.54, 1.807) is 11.9 Å². The van der Waals surface area contributed by atoms with Crippen molar-refractivity contribution in [3.05, 3.63) is 54.1 Å². The van der Waals surface area contributed by atoms with Crippen LogP contribution in [0.3, 0.4) is 0 Å². The molecule has 0 aromatic heterocycles. The molecule has 3 rings (SSSR count). The molecule has 0 saturated carbocycles. The molecule has 1 aliphatic rings. The zero-order valence-electron chi connectivity index (χ0n) is 16.4. The van der Waals surface area contributed by atoms with Crippen molar-refractivity contribution in [2.45, 2.75) is 32.6 Å². The maximum Gasteiger partial charge on any atom is 0.236 e. The minimum Gasteiger partial charge on any atom is -0.372 e. The van der Waals surface area contributed by atoms with Gasteiger partial charge in [0.2, 0.25) is 5.91 Å². The summed E-state index contributed by atoms with van der Waals surface area (Å²) in [5, 5.41) is 0. The number of rotatable bonds is 5. The van der Waals surface area contributed by atoms with E-state index in [0.29, 0.717) is 6.54 Å². The third-order valence-electron chi connectivity index (χ3n) is 4.93. The summed E-state index contributed by atoms with van der Waals surface area (Å²) in [7, 11) is 1.78. The summed E-state index contributed by atoms with van der Waals surface area (Å²) in [5.74, 6) is -0.0567. The summed E-state index contributed by atoms with van der Waals surface area (Å²) in [5.41, 5.74) is 10.1. The van der Waals surface area contributed by atoms with E-state index >= 15 is 0 Å². The van der Waals surface area contributed by atoms with E-state index in [0.717, 1.165) is 24.2 Å². The summed E-state index contributed by atoms with van der Waals surface area (Å²) in [4.78, 5) is 15.7. The molecule has 1 saturated heterocycles. The first-order valence-corrected chi connectivity index (χ1v) is 9.50. The molecular weight excluding hydrogens is 338 g/mol. The quantitative estimate of drug-likeness (QED) is 0.883. The number of amides is 1. The molecule has 1 heterocycles. The molecular formula is C22H29N3O2. The van der Waals surface area contributed by atoms with E-state index in [1.165, 1.54) is 11.3 Å². The van der Waals surface area contributed by atoms with Crippen LogP contribution in [0.4, 0.5) is 5.69 Å². The van der Waals surface area contributed by atoms with E-state index in [1.807, 2.05) is 12.1 Å². The number of hydrogen-bond donors (Lipinski definition) is 1. The van der Waals surface area contributed by atoms with Gasteiger partial charge in [-0.2, -0.15) is 0 Å². The SMILES string of the molecule is C[C@@H]1CN(c2ccc(-c3cccc(CN(C)C(=O)CN)c3)cc2)C[C@H](C)O1. The monoisotopic (exact) mass is 367 g/mol. The molecule has 5 nitrogen and oxygen atoms in total. The number of nitrogens with zero attached hydrogens (tertiary/aromatic N) is 2. The van der Waals surface area contributed by atoms with Crippen molar-refractivity contribution in [3.8, 4) is 11.1 Å². The van der Waals surface area contributed by atoms with Gasteiger partial charge in [-0.1, -0.05) is 30.3 Å². The first-order valence-electron chi connectivity index (χ1n) is 9.50. The van der Waals surface area contributed by atoms with Gasteiger partial charge in [0.05, 0.1) is 18.8 Å². The van der Waals surface area contributed by atoms with Crippen LogP contribution in [0.2, 0.25) is 0 Å². The Hall–Kier alpha value is -2.37. The van der Waals surface area contributed by atoms with Gasteiger partial charge in [0.1, 0.15) is 0 Å². The van der Waals surface area contributed by atoms with Gasteiger partial charge in [-0.15, -0.1) is 0 Å². The number of anilines is 1. The average molecular weight is 367 g/mol. The first kappa shape index (κ1) is 19.4. The molecule has 1 aliphatic heterocycles. The van der Waals surface area contributed by atoms with Crippen molar-refractivity contribution in [2.75, 3.05) is 31.6 Å². The number of morpholine rings is 1. The van der Waals surface area contributed by atoms with E-state index in [4.69, 9.17) is 10.5 Å². The molecule has 0 aliphatic carbocycles. The molecule has 1 amide bonds. The Bertz CT molecular complexity index is 765. The van der Waals surface area contributed by atoms with Gasteiger partial charge < -0.3 is 20.3 Å². The van der Waals surface area contributed by atoms with Gasteiger partial charge >= 0.3 is 0 Å². The molecule has 2 atom stereocenters. The Morgan fingerprint density at radius 1 is 1.11 bits per heavy atom. The Labute approximate surface area is 161 Å². The number of ether oxygens (including phenoxy) is 1. The van der Waals surface area contributed by atoms with Gasteiger partial charge in [0.15, 0.2) is 0 Å². The number of carbonyl (C=O) groups is 1. The van der Waals surface area contributed by atoms with Gasteiger partial charge in [-0.3, -0.25) is 4.79 Å². The molecule has 2 aromatic rings. The van der Waals surface area contributed by atoms with E-state index in [-0.39, 0.29) is 24.7 Å². The van der Waals surface area contributed by atoms with Crippen LogP contribution >= 0.6 is 0 Å². The first-order chi connectivity index (χ1) is 13.0. The van der Waals surface area contributed by atoms with Crippen LogP contribution in [0.1, 0.15) is 19.4 Å². The Morgan fingerprint density at radius 3 is 2.41 bits per heavy atom. The highest BCUT2D eigenvalue weighted by Gasteiger charge is 2.22. The number of benzene rings is 2. The molecule has 2 N–H and O–H groups in total. The van der Waals surface area contributed by atoms with E-state index in [2.05, 4.69) is 55.1 Å². The number of nitrogens with two attached hydrogens (primary N) is 1. The zero-order chi connectivity index (χ0) is 19.4. The standard InChI is InChI=1S/C22H29N3O2/c1-16-13-25(14-17(2)27-16)21-9-7-19(8-10-21)20-6-4-5-18(11-20)15-24(3)22(26)12-23/h4-11,16-17H,12-15,23H2,1-3H3/t16-,17+. The highest BCUT2D eigenvalue weighted by molar-refractivity contribution is 5.77. The van der Waals surface area contributed by atoms with Crippen molar-refractivity contribution >= 4 is 11.6 Å². The van der Waals surface area contributed by atoms with Gasteiger partial charge in [-0.25, -0.2) is 0 Å². The van der Waals surface area contributed by atoms with Crippen LogP contribution in [0.15, 0.2) is 48.5 Å². The second kappa shape index (κ2) is 8.55. The largest absolute Gasteiger partial charge is 0.372 e. The molecule has 27 heavy (non-hydrogen) atoms. The zero-order valence-corrected chi connectivity index (χ0v) is 16.4. The maximum atomic E-state index is 11.7. The van der Waals surface area contributed by atoms with Gasteiger partial charge in [-0.05, 0) is 48.7 Å². The van der Waals surface area contributed by atoms with Crippen LogP contribution < -0.4 is 10.6 Å². The second-order valence-electron chi connectivity index (χ2n) is 7.36. The molecule has 1 fully saturated rings. The summed E-state index contributed by atoms with van der Waals surface area (Å²) in [6, 6.07) is 17.0. The summed E-state index contributed by atoms with van der Waals surface area (Å²) < 4.78 is 5.82. The fraction of sp³-hybridized carbons (Fsp3) is 0.409. The fourth-order valence-corrected chi connectivity index (χ4v) is 3.62. The third kappa shape index (κ3) is 4.87. The molecule has 0 unspecified atom stereocenters. The van der Waals surface area contributed by atoms with Crippen LogP contribution in [0.5, 0.6) is 0 Å². The predicted octanol–water partition coefficient (Wildman–Crippen LogP) is 2.88. The van der Waals surface area contributed by atoms with Gasteiger partial charge in [0.25, 0.3) is 0 Å². The Balaban J connectivity index is 1.73. The van der Waals surface area contributed by atoms with Gasteiger partial charge in [0, 0.05) is 32.4 Å². The highest BCUT2D eigenvalue weighted by atomic mass is 16.5. The summed E-state index contributed by atoms with van der Waals surface area (Å²) >= 11 is 0. The lowest BCUT2D eigenvalue weighted by Crippen LogP contribution is -2.45. The average Bonchev–Trinajstić information content (AvgIpc) is 2.67. The van der Waals surface area contributed by atoms with Crippen LogP contribution in [-0.2, 0) is 16.1 Å². The number of hydrogen-bond acceptors (Lipinski definition) is 4. The third-order valence-corrected chi connectivity index (χ3v) is 4.93. The van der Waals surface area contributed by atoms with E-state index in [9.17, 15) is 4.79 Å². The molecule has 0 spiro atoms. The lowest BCUT2D eigenvalue weighted by atomic mass is 10.0. The Kier molecular flexibility index (Phi) is 6.14.